The molecule has 0 bridgehead atoms. The van der Waals surface area contributed by atoms with Crippen molar-refractivity contribution in [2.45, 2.75) is 32.7 Å². The van der Waals surface area contributed by atoms with E-state index in [1.807, 2.05) is 6.92 Å². The number of piperidine rings is 1. The molecule has 2 atom stereocenters. The molecule has 1 aliphatic rings. The van der Waals surface area contributed by atoms with Gasteiger partial charge in [-0.25, -0.2) is 9.78 Å². The van der Waals surface area contributed by atoms with Gasteiger partial charge in [0.15, 0.2) is 0 Å². The Morgan fingerprint density at radius 1 is 1.43 bits per heavy atom. The summed E-state index contributed by atoms with van der Waals surface area (Å²) in [6, 6.07) is 3.60. The Labute approximate surface area is 123 Å². The predicted octanol–water partition coefficient (Wildman–Crippen LogP) is 1.87. The zero-order chi connectivity index (χ0) is 15.6. The first-order valence-electron chi connectivity index (χ1n) is 6.99. The van der Waals surface area contributed by atoms with Crippen molar-refractivity contribution < 1.29 is 19.4 Å². The number of hydrogen-bond acceptors (Lipinski definition) is 5. The summed E-state index contributed by atoms with van der Waals surface area (Å²) in [6.45, 7) is 4.42. The molecule has 1 N–H and O–H groups in total. The molecule has 2 unspecified atom stereocenters. The molecule has 6 nitrogen and oxygen atoms in total. The fourth-order valence-corrected chi connectivity index (χ4v) is 2.77. The minimum absolute atomic E-state index is 0.107. The number of nitrogens with zero attached hydrogens (tertiary/aromatic N) is 2. The van der Waals surface area contributed by atoms with Crippen molar-refractivity contribution in [2.24, 2.45) is 5.92 Å². The van der Waals surface area contributed by atoms with E-state index >= 15 is 0 Å². The Kier molecular flexibility index (Phi) is 4.45. The van der Waals surface area contributed by atoms with Crippen LogP contribution in [0.4, 0.5) is 5.82 Å². The Morgan fingerprint density at radius 3 is 2.67 bits per heavy atom. The number of carboxylic acid groups (broad SMARTS) is 1. The lowest BCUT2D eigenvalue weighted by atomic mass is 9.92. The first kappa shape index (κ1) is 15.3. The number of aromatic nitrogens is 1. The van der Waals surface area contributed by atoms with Gasteiger partial charge in [0, 0.05) is 12.6 Å². The fourth-order valence-electron chi connectivity index (χ4n) is 2.77. The molecule has 1 aliphatic heterocycles. The second-order valence-corrected chi connectivity index (χ2v) is 5.40. The van der Waals surface area contributed by atoms with Crippen LogP contribution in [0.5, 0.6) is 0 Å². The molecule has 0 radical (unpaired) electrons. The lowest BCUT2D eigenvalue weighted by molar-refractivity contribution is -0.142. The highest BCUT2D eigenvalue weighted by Crippen LogP contribution is 2.27. The smallest absolute Gasteiger partial charge is 0.339 e. The molecule has 0 aliphatic carbocycles. The lowest BCUT2D eigenvalue weighted by Gasteiger charge is -2.37. The number of hydrogen-bond donors (Lipinski definition) is 1. The quantitative estimate of drug-likeness (QED) is 0.857. The van der Waals surface area contributed by atoms with Crippen molar-refractivity contribution >= 4 is 17.8 Å². The van der Waals surface area contributed by atoms with Crippen LogP contribution >= 0.6 is 0 Å². The average Bonchev–Trinajstić information content (AvgIpc) is 2.46. The number of carbonyl (C=O) groups excluding carboxylic acids is 1. The van der Waals surface area contributed by atoms with Gasteiger partial charge in [-0.2, -0.15) is 0 Å². The van der Waals surface area contributed by atoms with Gasteiger partial charge in [-0.1, -0.05) is 0 Å². The molecule has 6 heteroatoms. The van der Waals surface area contributed by atoms with Gasteiger partial charge in [0.1, 0.15) is 5.82 Å². The number of carboxylic acids is 1. The van der Waals surface area contributed by atoms with Crippen molar-refractivity contribution in [2.75, 3.05) is 18.6 Å². The van der Waals surface area contributed by atoms with Crippen molar-refractivity contribution in [3.8, 4) is 0 Å². The average molecular weight is 292 g/mol. The van der Waals surface area contributed by atoms with Gasteiger partial charge >= 0.3 is 11.9 Å². The molecule has 21 heavy (non-hydrogen) atoms. The van der Waals surface area contributed by atoms with E-state index in [4.69, 9.17) is 9.84 Å². The number of pyridine rings is 1. The van der Waals surface area contributed by atoms with E-state index in [9.17, 15) is 9.59 Å². The van der Waals surface area contributed by atoms with Gasteiger partial charge in [-0.15, -0.1) is 0 Å². The van der Waals surface area contributed by atoms with Crippen LogP contribution in [0.2, 0.25) is 0 Å². The van der Waals surface area contributed by atoms with Crippen LogP contribution in [-0.2, 0) is 9.53 Å². The number of ether oxygens (including phenoxy) is 1. The second-order valence-electron chi connectivity index (χ2n) is 5.40. The number of aryl methyl sites for hydroxylation is 1. The van der Waals surface area contributed by atoms with Gasteiger partial charge in [0.25, 0.3) is 0 Å². The second kappa shape index (κ2) is 6.11. The number of rotatable bonds is 3. The molecule has 2 rings (SSSR count). The van der Waals surface area contributed by atoms with E-state index < -0.39 is 11.9 Å². The van der Waals surface area contributed by atoms with Crippen LogP contribution in [0.3, 0.4) is 0 Å². The molecule has 2 heterocycles. The molecule has 1 saturated heterocycles. The molecule has 0 saturated carbocycles. The van der Waals surface area contributed by atoms with Crippen molar-refractivity contribution in [3.63, 3.8) is 0 Å². The highest BCUT2D eigenvalue weighted by atomic mass is 16.5. The first-order chi connectivity index (χ1) is 9.93. The summed E-state index contributed by atoms with van der Waals surface area (Å²) in [4.78, 5) is 29.2. The first-order valence-corrected chi connectivity index (χ1v) is 6.99. The Balaban J connectivity index is 2.18. The van der Waals surface area contributed by atoms with Crippen molar-refractivity contribution in [1.82, 2.24) is 4.98 Å². The summed E-state index contributed by atoms with van der Waals surface area (Å²) in [5.74, 6) is -0.640. The maximum absolute atomic E-state index is 11.6. The Hall–Kier alpha value is -2.11. The van der Waals surface area contributed by atoms with Crippen molar-refractivity contribution in [1.29, 1.82) is 0 Å². The summed E-state index contributed by atoms with van der Waals surface area (Å²) in [5.41, 5.74) is 1.07. The monoisotopic (exact) mass is 292 g/mol. The molecule has 1 aromatic heterocycles. The molecule has 1 fully saturated rings. The van der Waals surface area contributed by atoms with Crippen LogP contribution in [0.15, 0.2) is 12.1 Å². The highest BCUT2D eigenvalue weighted by Gasteiger charge is 2.30. The maximum atomic E-state index is 11.6. The molecular weight excluding hydrogens is 272 g/mol. The van der Waals surface area contributed by atoms with Gasteiger partial charge in [-0.05, 0) is 38.8 Å². The largest absolute Gasteiger partial charge is 0.481 e. The number of carbonyl (C=O) groups is 2. The number of aliphatic carboxylic acids is 1. The van der Waals surface area contributed by atoms with Gasteiger partial charge in [0.2, 0.25) is 0 Å². The lowest BCUT2D eigenvalue weighted by Crippen LogP contribution is -2.43. The summed E-state index contributed by atoms with van der Waals surface area (Å²) in [7, 11) is 1.34. The summed E-state index contributed by atoms with van der Waals surface area (Å²) >= 11 is 0. The van der Waals surface area contributed by atoms with E-state index in [1.54, 1.807) is 19.1 Å². The summed E-state index contributed by atoms with van der Waals surface area (Å²) < 4.78 is 4.71. The standard InChI is InChI=1S/C15H20N2O4/c1-9-8-11(14(18)19)6-7-17(9)13-5-4-12(10(2)16-13)15(20)21-3/h4-5,9,11H,6-8H2,1-3H3,(H,18,19). The third kappa shape index (κ3) is 3.15. The minimum atomic E-state index is -0.730. The van der Waals surface area contributed by atoms with Crippen LogP contribution in [0, 0.1) is 12.8 Å². The molecule has 0 aromatic carbocycles. The Morgan fingerprint density at radius 2 is 2.14 bits per heavy atom. The van der Waals surface area contributed by atoms with Crippen molar-refractivity contribution in [3.05, 3.63) is 23.4 Å². The van der Waals surface area contributed by atoms with E-state index in [2.05, 4.69) is 9.88 Å². The summed E-state index contributed by atoms with van der Waals surface area (Å²) in [5, 5.41) is 9.10. The molecule has 0 amide bonds. The van der Waals surface area contributed by atoms with Crippen LogP contribution in [0.1, 0.15) is 35.8 Å². The zero-order valence-electron chi connectivity index (χ0n) is 12.5. The maximum Gasteiger partial charge on any atom is 0.339 e. The molecule has 1 aromatic rings. The van der Waals surface area contributed by atoms with Crippen LogP contribution < -0.4 is 4.90 Å². The van der Waals surface area contributed by atoms with E-state index in [-0.39, 0.29) is 12.0 Å². The molecule has 114 valence electrons. The summed E-state index contributed by atoms with van der Waals surface area (Å²) in [6.07, 6.45) is 1.22. The number of anilines is 1. The zero-order valence-corrected chi connectivity index (χ0v) is 12.5. The third-order valence-electron chi connectivity index (χ3n) is 4.00. The fraction of sp³-hybridized carbons (Fsp3) is 0.533. The van der Waals surface area contributed by atoms with Gasteiger partial charge in [-0.3, -0.25) is 4.79 Å². The third-order valence-corrected chi connectivity index (χ3v) is 4.00. The van der Waals surface area contributed by atoms with Crippen LogP contribution in [-0.4, -0.2) is 41.7 Å². The van der Waals surface area contributed by atoms with Gasteiger partial charge < -0.3 is 14.7 Å². The van der Waals surface area contributed by atoms with Gasteiger partial charge in [0.05, 0.1) is 24.3 Å². The van der Waals surface area contributed by atoms with E-state index in [1.165, 1.54) is 7.11 Å². The topological polar surface area (TPSA) is 79.7 Å². The van der Waals surface area contributed by atoms with E-state index in [0.29, 0.717) is 30.6 Å². The number of esters is 1. The number of methoxy groups -OCH3 is 1. The molecular formula is C15H20N2O4. The minimum Gasteiger partial charge on any atom is -0.481 e. The van der Waals surface area contributed by atoms with Crippen LogP contribution in [0.25, 0.3) is 0 Å². The predicted molar refractivity (Wildman–Crippen MR) is 77.5 cm³/mol. The molecule has 0 spiro atoms. The Bertz CT molecular complexity index is 559. The van der Waals surface area contributed by atoms with E-state index in [0.717, 1.165) is 5.82 Å². The highest BCUT2D eigenvalue weighted by molar-refractivity contribution is 5.90. The normalized spacial score (nSPS) is 22.0. The SMILES string of the molecule is COC(=O)c1ccc(N2CCC(C(=O)O)CC2C)nc1C.